The quantitative estimate of drug-likeness (QED) is 0.630. The van der Waals surface area contributed by atoms with Gasteiger partial charge in [-0.3, -0.25) is 4.79 Å². The van der Waals surface area contributed by atoms with Crippen LogP contribution in [0.25, 0.3) is 0 Å². The van der Waals surface area contributed by atoms with Gasteiger partial charge in [-0.15, -0.1) is 0 Å². The molecule has 1 aromatic heterocycles. The molecule has 1 aromatic rings. The van der Waals surface area contributed by atoms with Crippen molar-refractivity contribution in [2.45, 2.75) is 45.3 Å². The van der Waals surface area contributed by atoms with Crippen LogP contribution in [0, 0.1) is 5.92 Å². The number of aromatic nitrogens is 1. The number of halogens is 1. The lowest BCUT2D eigenvalue weighted by Crippen LogP contribution is -2.30. The Hall–Kier alpha value is -0.980. The van der Waals surface area contributed by atoms with E-state index in [1.165, 1.54) is 0 Å². The number of carbonyl (C=O) groups is 1. The molecule has 0 aliphatic carbocycles. The average molecular weight is 373 g/mol. The highest BCUT2D eigenvalue weighted by Gasteiger charge is 2.22. The molecule has 1 aliphatic heterocycles. The highest BCUT2D eigenvalue weighted by molar-refractivity contribution is 9.10. The summed E-state index contributed by atoms with van der Waals surface area (Å²) in [5, 5.41) is 13.4. The molecule has 2 heterocycles. The molecular formula is C16H25BrN2O3. The van der Waals surface area contributed by atoms with Crippen molar-refractivity contribution in [3.05, 3.63) is 28.5 Å². The minimum Gasteiger partial charge on any atom is -0.462 e. The van der Waals surface area contributed by atoms with Gasteiger partial charge in [-0.2, -0.15) is 0 Å². The van der Waals surface area contributed by atoms with E-state index >= 15 is 0 Å². The van der Waals surface area contributed by atoms with Gasteiger partial charge in [-0.05, 0) is 80.2 Å². The first-order valence-corrected chi connectivity index (χ1v) is 8.24. The van der Waals surface area contributed by atoms with Crippen molar-refractivity contribution in [2.24, 2.45) is 5.92 Å². The van der Waals surface area contributed by atoms with E-state index < -0.39 is 0 Å². The molecule has 1 fully saturated rings. The van der Waals surface area contributed by atoms with Gasteiger partial charge in [0.15, 0.2) is 0 Å². The molecule has 2 N–H and O–H groups in total. The smallest absolute Gasteiger partial charge is 0.293 e. The van der Waals surface area contributed by atoms with Crippen LogP contribution in [0.5, 0.6) is 0 Å². The molecule has 0 radical (unpaired) electrons. The summed E-state index contributed by atoms with van der Waals surface area (Å²) in [6, 6.07) is 3.81. The number of carbonyl (C=O) groups excluding carboxylic acids is 1. The number of nitrogens with one attached hydrogen (secondary N) is 1. The Labute approximate surface area is 140 Å². The number of aliphatic hydroxyl groups excluding tert-OH is 1. The summed E-state index contributed by atoms with van der Waals surface area (Å²) in [4.78, 5) is 13.7. The van der Waals surface area contributed by atoms with E-state index in [1.54, 1.807) is 6.20 Å². The Morgan fingerprint density at radius 1 is 1.41 bits per heavy atom. The fourth-order valence-corrected chi connectivity index (χ4v) is 2.37. The minimum absolute atomic E-state index is 0.318. The zero-order chi connectivity index (χ0) is 16.6. The molecule has 124 valence electrons. The predicted molar refractivity (Wildman–Crippen MR) is 89.4 cm³/mol. The lowest BCUT2D eigenvalue weighted by molar-refractivity contribution is -0.138. The Morgan fingerprint density at radius 2 is 2.05 bits per heavy atom. The molecule has 2 rings (SSSR count). The van der Waals surface area contributed by atoms with Crippen molar-refractivity contribution >= 4 is 22.4 Å². The maximum Gasteiger partial charge on any atom is 0.293 e. The monoisotopic (exact) mass is 372 g/mol. The standard InChI is InChI=1S/C11H15BrN2O.C5H10O2/c12-10-2-1-9(7-14-10)11(15)8-3-5-13-6-4-8;1-5(2,3)7-4-6/h1-2,7-8,11,13,15H,3-6H2;4H,1-3H3. The van der Waals surface area contributed by atoms with Gasteiger partial charge in [0.2, 0.25) is 0 Å². The van der Waals surface area contributed by atoms with Crippen LogP contribution in [-0.2, 0) is 9.53 Å². The van der Waals surface area contributed by atoms with Gasteiger partial charge in [0.05, 0.1) is 6.10 Å². The second kappa shape index (κ2) is 9.22. The van der Waals surface area contributed by atoms with E-state index in [1.807, 2.05) is 32.9 Å². The second-order valence-corrected chi connectivity index (χ2v) is 7.09. The molecule has 1 unspecified atom stereocenters. The number of ether oxygens (including phenoxy) is 1. The van der Waals surface area contributed by atoms with Crippen LogP contribution in [0.2, 0.25) is 0 Å². The molecule has 1 atom stereocenters. The molecule has 0 aromatic carbocycles. The summed E-state index contributed by atoms with van der Waals surface area (Å²) in [6.07, 6.45) is 3.46. The van der Waals surface area contributed by atoms with Crippen LogP contribution >= 0.6 is 15.9 Å². The van der Waals surface area contributed by atoms with E-state index in [4.69, 9.17) is 0 Å². The molecular weight excluding hydrogens is 348 g/mol. The molecule has 0 bridgehead atoms. The normalized spacial score (nSPS) is 17.1. The number of hydrogen-bond acceptors (Lipinski definition) is 5. The molecule has 1 saturated heterocycles. The van der Waals surface area contributed by atoms with Gasteiger partial charge < -0.3 is 15.2 Å². The van der Waals surface area contributed by atoms with Crippen molar-refractivity contribution in [1.82, 2.24) is 10.3 Å². The molecule has 0 saturated carbocycles. The van der Waals surface area contributed by atoms with Crippen LogP contribution in [0.15, 0.2) is 22.9 Å². The molecule has 22 heavy (non-hydrogen) atoms. The van der Waals surface area contributed by atoms with E-state index in [-0.39, 0.29) is 11.7 Å². The first-order valence-electron chi connectivity index (χ1n) is 7.45. The van der Waals surface area contributed by atoms with Crippen molar-refractivity contribution in [2.75, 3.05) is 13.1 Å². The van der Waals surface area contributed by atoms with Gasteiger partial charge in [0.1, 0.15) is 10.2 Å². The minimum atomic E-state index is -0.368. The second-order valence-electron chi connectivity index (χ2n) is 6.27. The van der Waals surface area contributed by atoms with Crippen LogP contribution in [0.4, 0.5) is 0 Å². The van der Waals surface area contributed by atoms with Crippen LogP contribution in [-0.4, -0.2) is 35.3 Å². The number of rotatable bonds is 3. The third-order valence-electron chi connectivity index (χ3n) is 3.32. The Kier molecular flexibility index (Phi) is 8.00. The van der Waals surface area contributed by atoms with Gasteiger partial charge in [0, 0.05) is 6.20 Å². The number of pyridine rings is 1. The average Bonchev–Trinajstić information content (AvgIpc) is 2.48. The number of piperidine rings is 1. The predicted octanol–water partition coefficient (Wildman–Crippen LogP) is 2.84. The molecule has 5 nitrogen and oxygen atoms in total. The summed E-state index contributed by atoms with van der Waals surface area (Å²) in [7, 11) is 0. The number of nitrogens with zero attached hydrogens (tertiary/aromatic N) is 1. The van der Waals surface area contributed by atoms with Gasteiger partial charge in [-0.25, -0.2) is 4.98 Å². The third kappa shape index (κ3) is 7.33. The molecule has 0 spiro atoms. The van der Waals surface area contributed by atoms with E-state index in [9.17, 15) is 9.90 Å². The van der Waals surface area contributed by atoms with Gasteiger partial charge in [0.25, 0.3) is 6.47 Å². The maximum absolute atomic E-state index is 10.2. The fraction of sp³-hybridized carbons (Fsp3) is 0.625. The summed E-state index contributed by atoms with van der Waals surface area (Å²) >= 11 is 3.29. The van der Waals surface area contributed by atoms with Crippen LogP contribution < -0.4 is 5.32 Å². The first kappa shape index (κ1) is 19.1. The zero-order valence-electron chi connectivity index (χ0n) is 13.4. The van der Waals surface area contributed by atoms with Crippen molar-refractivity contribution in [1.29, 1.82) is 0 Å². The van der Waals surface area contributed by atoms with E-state index in [0.29, 0.717) is 12.4 Å². The topological polar surface area (TPSA) is 71.5 Å². The highest BCUT2D eigenvalue weighted by atomic mass is 79.9. The van der Waals surface area contributed by atoms with Gasteiger partial charge in [-0.1, -0.05) is 6.07 Å². The number of aliphatic hydroxyl groups is 1. The Morgan fingerprint density at radius 3 is 2.45 bits per heavy atom. The van der Waals surface area contributed by atoms with Gasteiger partial charge >= 0.3 is 0 Å². The summed E-state index contributed by atoms with van der Waals surface area (Å²) in [6.45, 7) is 7.93. The van der Waals surface area contributed by atoms with Crippen molar-refractivity contribution in [3.63, 3.8) is 0 Å². The Bertz CT molecular complexity index is 440. The van der Waals surface area contributed by atoms with Crippen LogP contribution in [0.3, 0.4) is 0 Å². The first-order chi connectivity index (χ1) is 10.3. The third-order valence-corrected chi connectivity index (χ3v) is 3.79. The fourth-order valence-electron chi connectivity index (χ4n) is 2.14. The van der Waals surface area contributed by atoms with E-state index in [2.05, 4.69) is 31.0 Å². The SMILES string of the molecule is CC(C)(C)OC=O.OC(c1ccc(Br)nc1)C1CCNCC1. The van der Waals surface area contributed by atoms with Crippen molar-refractivity contribution < 1.29 is 14.6 Å². The van der Waals surface area contributed by atoms with E-state index in [0.717, 1.165) is 36.1 Å². The van der Waals surface area contributed by atoms with Crippen LogP contribution in [0.1, 0.15) is 45.3 Å². The summed E-state index contributed by atoms with van der Waals surface area (Å²) < 4.78 is 5.36. The Balaban J connectivity index is 0.000000295. The maximum atomic E-state index is 10.2. The highest BCUT2D eigenvalue weighted by Crippen LogP contribution is 2.28. The summed E-state index contributed by atoms with van der Waals surface area (Å²) in [5.41, 5.74) is 0.604. The molecule has 6 heteroatoms. The summed E-state index contributed by atoms with van der Waals surface area (Å²) in [5.74, 6) is 0.370. The number of hydrogen-bond donors (Lipinski definition) is 2. The largest absolute Gasteiger partial charge is 0.462 e. The lowest BCUT2D eigenvalue weighted by Gasteiger charge is -2.27. The van der Waals surface area contributed by atoms with Crippen molar-refractivity contribution in [3.8, 4) is 0 Å². The molecule has 0 amide bonds. The lowest BCUT2D eigenvalue weighted by atomic mass is 9.89. The zero-order valence-corrected chi connectivity index (χ0v) is 15.0. The molecule has 1 aliphatic rings.